The molecule has 16 heavy (non-hydrogen) atoms. The number of benzene rings is 1. The van der Waals surface area contributed by atoms with Crippen molar-refractivity contribution in [2.24, 2.45) is 5.73 Å². The van der Waals surface area contributed by atoms with Crippen LogP contribution in [0.3, 0.4) is 0 Å². The predicted molar refractivity (Wildman–Crippen MR) is 73.6 cm³/mol. The van der Waals surface area contributed by atoms with Gasteiger partial charge in [0.05, 0.1) is 0 Å². The highest BCUT2D eigenvalue weighted by Crippen LogP contribution is 2.05. The summed E-state index contributed by atoms with van der Waals surface area (Å²) < 4.78 is 0. The minimum atomic E-state index is 0.569. The summed E-state index contributed by atoms with van der Waals surface area (Å²) in [6.07, 6.45) is 0. The van der Waals surface area contributed by atoms with Gasteiger partial charge in [0, 0.05) is 24.9 Å². The summed E-state index contributed by atoms with van der Waals surface area (Å²) >= 11 is 1.98. The summed E-state index contributed by atoms with van der Waals surface area (Å²) in [6, 6.07) is 9.06. The van der Waals surface area contributed by atoms with E-state index < -0.39 is 0 Å². The van der Waals surface area contributed by atoms with Crippen LogP contribution in [0.5, 0.6) is 0 Å². The molecule has 0 saturated carbocycles. The van der Waals surface area contributed by atoms with Gasteiger partial charge in [-0.15, -0.1) is 0 Å². The topological polar surface area (TPSA) is 38.0 Å². The summed E-state index contributed by atoms with van der Waals surface area (Å²) in [7, 11) is 0. The number of hydrogen-bond acceptors (Lipinski definition) is 3. The van der Waals surface area contributed by atoms with Gasteiger partial charge in [-0.1, -0.05) is 31.2 Å². The SMILES string of the molecule is CCSC[C@H](C)NCc1ccc(CN)cc1. The van der Waals surface area contributed by atoms with Crippen LogP contribution in [0.2, 0.25) is 0 Å². The van der Waals surface area contributed by atoms with Crippen LogP contribution in [0, 0.1) is 0 Å². The number of rotatable bonds is 7. The van der Waals surface area contributed by atoms with E-state index in [-0.39, 0.29) is 0 Å². The lowest BCUT2D eigenvalue weighted by molar-refractivity contribution is 0.596. The molecule has 0 heterocycles. The van der Waals surface area contributed by atoms with Gasteiger partial charge < -0.3 is 11.1 Å². The van der Waals surface area contributed by atoms with Crippen molar-refractivity contribution in [2.75, 3.05) is 11.5 Å². The summed E-state index contributed by atoms with van der Waals surface area (Å²) in [5, 5.41) is 3.52. The van der Waals surface area contributed by atoms with Gasteiger partial charge in [0.15, 0.2) is 0 Å². The van der Waals surface area contributed by atoms with E-state index >= 15 is 0 Å². The van der Waals surface area contributed by atoms with Gasteiger partial charge in [-0.05, 0) is 23.8 Å². The molecule has 0 fully saturated rings. The first-order valence-corrected chi connectivity index (χ1v) is 7.00. The Morgan fingerprint density at radius 2 is 1.88 bits per heavy atom. The molecule has 0 aliphatic rings. The van der Waals surface area contributed by atoms with Crippen molar-refractivity contribution in [3.05, 3.63) is 35.4 Å². The molecule has 1 aromatic carbocycles. The Bertz CT molecular complexity index is 284. The molecule has 0 bridgehead atoms. The van der Waals surface area contributed by atoms with E-state index in [1.54, 1.807) is 0 Å². The monoisotopic (exact) mass is 238 g/mol. The third-order valence-corrected chi connectivity index (χ3v) is 3.63. The van der Waals surface area contributed by atoms with E-state index in [2.05, 4.69) is 43.4 Å². The highest BCUT2D eigenvalue weighted by molar-refractivity contribution is 7.99. The van der Waals surface area contributed by atoms with Crippen molar-refractivity contribution in [3.8, 4) is 0 Å². The van der Waals surface area contributed by atoms with Gasteiger partial charge in [-0.3, -0.25) is 0 Å². The Labute approximate surface area is 103 Å². The average molecular weight is 238 g/mol. The Morgan fingerprint density at radius 3 is 2.44 bits per heavy atom. The zero-order chi connectivity index (χ0) is 11.8. The molecule has 0 unspecified atom stereocenters. The van der Waals surface area contributed by atoms with Gasteiger partial charge in [-0.2, -0.15) is 11.8 Å². The molecule has 0 radical (unpaired) electrons. The van der Waals surface area contributed by atoms with Crippen molar-refractivity contribution >= 4 is 11.8 Å². The summed E-state index contributed by atoms with van der Waals surface area (Å²) in [4.78, 5) is 0. The minimum Gasteiger partial charge on any atom is -0.326 e. The number of nitrogens with one attached hydrogen (secondary N) is 1. The van der Waals surface area contributed by atoms with Crippen molar-refractivity contribution in [3.63, 3.8) is 0 Å². The van der Waals surface area contributed by atoms with Crippen molar-refractivity contribution < 1.29 is 0 Å². The zero-order valence-corrected chi connectivity index (χ0v) is 11.0. The van der Waals surface area contributed by atoms with E-state index in [0.29, 0.717) is 12.6 Å². The lowest BCUT2D eigenvalue weighted by Gasteiger charge is -2.13. The molecule has 1 atom stereocenters. The van der Waals surface area contributed by atoms with Gasteiger partial charge >= 0.3 is 0 Å². The van der Waals surface area contributed by atoms with Crippen LogP contribution in [0.1, 0.15) is 25.0 Å². The van der Waals surface area contributed by atoms with Gasteiger partial charge in [-0.25, -0.2) is 0 Å². The number of thioether (sulfide) groups is 1. The Kier molecular flexibility index (Phi) is 6.53. The van der Waals surface area contributed by atoms with Crippen LogP contribution in [0.4, 0.5) is 0 Å². The first kappa shape index (κ1) is 13.6. The van der Waals surface area contributed by atoms with Crippen LogP contribution >= 0.6 is 11.8 Å². The maximum Gasteiger partial charge on any atom is 0.0208 e. The van der Waals surface area contributed by atoms with Gasteiger partial charge in [0.1, 0.15) is 0 Å². The van der Waals surface area contributed by atoms with Crippen molar-refractivity contribution in [1.82, 2.24) is 5.32 Å². The molecule has 0 spiro atoms. The molecule has 0 aromatic heterocycles. The van der Waals surface area contributed by atoms with Gasteiger partial charge in [0.2, 0.25) is 0 Å². The molecular weight excluding hydrogens is 216 g/mol. The molecular formula is C13H22N2S. The Balaban J connectivity index is 2.30. The quantitative estimate of drug-likeness (QED) is 0.766. The molecule has 0 amide bonds. The fourth-order valence-electron chi connectivity index (χ4n) is 1.44. The van der Waals surface area contributed by atoms with E-state index in [0.717, 1.165) is 6.54 Å². The normalized spacial score (nSPS) is 12.7. The average Bonchev–Trinajstić information content (AvgIpc) is 2.34. The summed E-state index contributed by atoms with van der Waals surface area (Å²) in [5.74, 6) is 2.37. The maximum absolute atomic E-state index is 5.56. The standard InChI is InChI=1S/C13H22N2S/c1-3-16-10-11(2)15-9-13-6-4-12(8-14)5-7-13/h4-7,11,15H,3,8-10,14H2,1-2H3/t11-/m0/s1. The predicted octanol–water partition coefficient (Wildman–Crippen LogP) is 2.38. The van der Waals surface area contributed by atoms with E-state index in [1.807, 2.05) is 11.8 Å². The van der Waals surface area contributed by atoms with Crippen molar-refractivity contribution in [1.29, 1.82) is 0 Å². The molecule has 3 N–H and O–H groups in total. The smallest absolute Gasteiger partial charge is 0.0208 e. The van der Waals surface area contributed by atoms with E-state index in [4.69, 9.17) is 5.73 Å². The lowest BCUT2D eigenvalue weighted by atomic mass is 10.1. The van der Waals surface area contributed by atoms with E-state index in [9.17, 15) is 0 Å². The van der Waals surface area contributed by atoms with Crippen LogP contribution in [-0.4, -0.2) is 17.5 Å². The molecule has 0 aliphatic carbocycles. The zero-order valence-electron chi connectivity index (χ0n) is 10.2. The largest absolute Gasteiger partial charge is 0.326 e. The third-order valence-electron chi connectivity index (χ3n) is 2.49. The second-order valence-electron chi connectivity index (χ2n) is 3.96. The molecule has 0 aliphatic heterocycles. The molecule has 1 aromatic rings. The van der Waals surface area contributed by atoms with Crippen LogP contribution in [0.15, 0.2) is 24.3 Å². The molecule has 3 heteroatoms. The number of nitrogens with two attached hydrogens (primary N) is 1. The Morgan fingerprint density at radius 1 is 1.25 bits per heavy atom. The van der Waals surface area contributed by atoms with E-state index in [1.165, 1.54) is 22.6 Å². The highest BCUT2D eigenvalue weighted by Gasteiger charge is 2.00. The maximum atomic E-state index is 5.56. The first-order chi connectivity index (χ1) is 7.76. The third kappa shape index (κ3) is 5.01. The summed E-state index contributed by atoms with van der Waals surface area (Å²) in [5.41, 5.74) is 8.08. The fourth-order valence-corrected chi connectivity index (χ4v) is 2.15. The van der Waals surface area contributed by atoms with Crippen LogP contribution in [0.25, 0.3) is 0 Å². The Hall–Kier alpha value is -0.510. The molecule has 0 saturated heterocycles. The van der Waals surface area contributed by atoms with Crippen molar-refractivity contribution in [2.45, 2.75) is 33.0 Å². The lowest BCUT2D eigenvalue weighted by Crippen LogP contribution is -2.27. The highest BCUT2D eigenvalue weighted by atomic mass is 32.2. The summed E-state index contributed by atoms with van der Waals surface area (Å²) in [6.45, 7) is 5.99. The molecule has 90 valence electrons. The van der Waals surface area contributed by atoms with Crippen LogP contribution < -0.4 is 11.1 Å². The second-order valence-corrected chi connectivity index (χ2v) is 5.28. The minimum absolute atomic E-state index is 0.569. The molecule has 2 nitrogen and oxygen atoms in total. The fraction of sp³-hybridized carbons (Fsp3) is 0.538. The van der Waals surface area contributed by atoms with Crippen LogP contribution in [-0.2, 0) is 13.1 Å². The number of hydrogen-bond donors (Lipinski definition) is 2. The van der Waals surface area contributed by atoms with Gasteiger partial charge in [0.25, 0.3) is 0 Å². The first-order valence-electron chi connectivity index (χ1n) is 5.85. The molecule has 1 rings (SSSR count). The second kappa shape index (κ2) is 7.71.